The highest BCUT2D eigenvalue weighted by atomic mass is 16.5. The zero-order chi connectivity index (χ0) is 23.4. The van der Waals surface area contributed by atoms with E-state index in [-0.39, 0.29) is 17.7 Å². The minimum atomic E-state index is -0.432. The molecule has 0 aliphatic carbocycles. The second-order valence-corrected chi connectivity index (χ2v) is 10.4. The molecule has 4 rings (SSSR count). The van der Waals surface area contributed by atoms with Gasteiger partial charge < -0.3 is 19.4 Å². The second-order valence-electron chi connectivity index (χ2n) is 10.4. The number of benzene rings is 1. The van der Waals surface area contributed by atoms with Gasteiger partial charge in [-0.25, -0.2) is 0 Å². The van der Waals surface area contributed by atoms with Gasteiger partial charge in [-0.3, -0.25) is 9.59 Å². The largest absolute Gasteiger partial charge is 0.385 e. The first-order valence-electron chi connectivity index (χ1n) is 12.9. The molecule has 2 saturated heterocycles. The third kappa shape index (κ3) is 5.27. The van der Waals surface area contributed by atoms with Gasteiger partial charge in [-0.2, -0.15) is 0 Å². The van der Waals surface area contributed by atoms with Crippen molar-refractivity contribution in [2.24, 2.45) is 11.8 Å². The van der Waals surface area contributed by atoms with Gasteiger partial charge in [-0.15, -0.1) is 0 Å². The zero-order valence-corrected chi connectivity index (χ0v) is 20.7. The van der Waals surface area contributed by atoms with Crippen LogP contribution in [0.25, 0.3) is 0 Å². The van der Waals surface area contributed by atoms with Crippen LogP contribution < -0.4 is 0 Å². The molecule has 1 aromatic rings. The Bertz CT molecular complexity index is 825. The fraction of sp³-hybridized carbons (Fsp3) is 0.704. The van der Waals surface area contributed by atoms with Crippen molar-refractivity contribution in [3.05, 3.63) is 35.4 Å². The van der Waals surface area contributed by atoms with E-state index in [9.17, 15) is 9.59 Å². The number of hydrogen-bond donors (Lipinski definition) is 0. The van der Waals surface area contributed by atoms with Crippen LogP contribution in [0.5, 0.6) is 0 Å². The summed E-state index contributed by atoms with van der Waals surface area (Å²) in [5.41, 5.74) is 1.77. The van der Waals surface area contributed by atoms with Crippen molar-refractivity contribution < 1.29 is 14.3 Å². The van der Waals surface area contributed by atoms with E-state index in [1.165, 1.54) is 45.2 Å². The summed E-state index contributed by atoms with van der Waals surface area (Å²) < 4.78 is 5.30. The van der Waals surface area contributed by atoms with E-state index in [0.717, 1.165) is 24.1 Å². The van der Waals surface area contributed by atoms with Crippen LogP contribution in [-0.4, -0.2) is 78.5 Å². The number of carbonyl (C=O) groups excluding carboxylic acids is 2. The van der Waals surface area contributed by atoms with Crippen molar-refractivity contribution in [1.82, 2.24) is 14.7 Å². The Morgan fingerprint density at radius 1 is 1.15 bits per heavy atom. The molecular weight excluding hydrogens is 414 g/mol. The smallest absolute Gasteiger partial charge is 0.255 e. The third-order valence-electron chi connectivity index (χ3n) is 7.84. The Hall–Kier alpha value is -1.92. The molecule has 3 atom stereocenters. The van der Waals surface area contributed by atoms with E-state index in [4.69, 9.17) is 4.74 Å². The highest BCUT2D eigenvalue weighted by Gasteiger charge is 2.41. The molecule has 2 fully saturated rings. The maximum Gasteiger partial charge on any atom is 0.255 e. The molecule has 2 amide bonds. The van der Waals surface area contributed by atoms with Crippen LogP contribution in [0, 0.1) is 11.8 Å². The van der Waals surface area contributed by atoms with Crippen molar-refractivity contribution in [3.63, 3.8) is 0 Å². The third-order valence-corrected chi connectivity index (χ3v) is 7.84. The lowest BCUT2D eigenvalue weighted by atomic mass is 9.83. The average molecular weight is 456 g/mol. The minimum absolute atomic E-state index is 0.00869. The van der Waals surface area contributed by atoms with Crippen LogP contribution >= 0.6 is 0 Å². The number of hydrogen-bond acceptors (Lipinski definition) is 4. The quantitative estimate of drug-likeness (QED) is 0.532. The summed E-state index contributed by atoms with van der Waals surface area (Å²) in [6.45, 7) is 9.18. The lowest BCUT2D eigenvalue weighted by Gasteiger charge is -2.46. The number of piperidine rings is 2. The Kier molecular flexibility index (Phi) is 8.07. The highest BCUT2D eigenvalue weighted by molar-refractivity contribution is 6.01. The number of ether oxygens (including phenoxy) is 1. The fourth-order valence-corrected chi connectivity index (χ4v) is 6.23. The normalized spacial score (nSPS) is 24.0. The van der Waals surface area contributed by atoms with Crippen molar-refractivity contribution in [3.8, 4) is 0 Å². The van der Waals surface area contributed by atoms with Crippen molar-refractivity contribution in [2.75, 3.05) is 39.9 Å². The van der Waals surface area contributed by atoms with E-state index in [0.29, 0.717) is 31.7 Å². The number of rotatable bonds is 9. The molecule has 3 aliphatic heterocycles. The summed E-state index contributed by atoms with van der Waals surface area (Å²) in [6.07, 6.45) is 7.07. The Morgan fingerprint density at radius 3 is 2.70 bits per heavy atom. The van der Waals surface area contributed by atoms with E-state index in [1.54, 1.807) is 7.11 Å². The SMILES string of the molecule is COCCCN(C[C@@H]1CCCN2CCCC[C@@H]12)C(=O)[C@H](C(C)C)N1Cc2ccccc2C1=O. The lowest BCUT2D eigenvalue weighted by Crippen LogP contribution is -2.55. The molecular formula is C27H41N3O3. The molecule has 3 heterocycles. The molecule has 0 unspecified atom stereocenters. The molecule has 6 heteroatoms. The van der Waals surface area contributed by atoms with Crippen LogP contribution in [-0.2, 0) is 16.1 Å². The molecule has 0 N–H and O–H groups in total. The monoisotopic (exact) mass is 455 g/mol. The first kappa shape index (κ1) is 24.2. The van der Waals surface area contributed by atoms with Crippen LogP contribution in [0.1, 0.15) is 68.3 Å². The van der Waals surface area contributed by atoms with Crippen molar-refractivity contribution in [2.45, 2.75) is 71.0 Å². The fourth-order valence-electron chi connectivity index (χ4n) is 6.23. The molecule has 0 bridgehead atoms. The van der Waals surface area contributed by atoms with Gasteiger partial charge in [0.2, 0.25) is 5.91 Å². The Labute approximate surface area is 199 Å². The molecule has 0 radical (unpaired) electrons. The molecule has 0 saturated carbocycles. The summed E-state index contributed by atoms with van der Waals surface area (Å²) in [4.78, 5) is 33.9. The van der Waals surface area contributed by atoms with Crippen molar-refractivity contribution >= 4 is 11.8 Å². The van der Waals surface area contributed by atoms with Gasteiger partial charge in [0, 0.05) is 45.0 Å². The summed E-state index contributed by atoms with van der Waals surface area (Å²) >= 11 is 0. The Morgan fingerprint density at radius 2 is 1.94 bits per heavy atom. The van der Waals surface area contributed by atoms with Crippen LogP contribution in [0.3, 0.4) is 0 Å². The predicted molar refractivity (Wildman–Crippen MR) is 130 cm³/mol. The van der Waals surface area contributed by atoms with Gasteiger partial charge in [0.15, 0.2) is 0 Å². The molecule has 0 spiro atoms. The molecule has 1 aromatic carbocycles. The van der Waals surface area contributed by atoms with E-state index in [1.807, 2.05) is 29.2 Å². The molecule has 33 heavy (non-hydrogen) atoms. The minimum Gasteiger partial charge on any atom is -0.385 e. The number of nitrogens with zero attached hydrogens (tertiary/aromatic N) is 3. The summed E-state index contributed by atoms with van der Waals surface area (Å²) in [7, 11) is 1.71. The Balaban J connectivity index is 1.53. The van der Waals surface area contributed by atoms with Gasteiger partial charge in [0.1, 0.15) is 6.04 Å². The maximum atomic E-state index is 14.1. The lowest BCUT2D eigenvalue weighted by molar-refractivity contribution is -0.139. The maximum absolute atomic E-state index is 14.1. The zero-order valence-electron chi connectivity index (χ0n) is 20.7. The molecule has 0 aromatic heterocycles. The molecule has 6 nitrogen and oxygen atoms in total. The van der Waals surface area contributed by atoms with Crippen molar-refractivity contribution in [1.29, 1.82) is 0 Å². The first-order valence-corrected chi connectivity index (χ1v) is 12.9. The predicted octanol–water partition coefficient (Wildman–Crippen LogP) is 3.80. The number of methoxy groups -OCH3 is 1. The standard InChI is InChI=1S/C27H41N3O3/c1-20(2)25(30-19-21-10-4-5-12-23(21)26(30)31)27(32)29(16-9-17-33-3)18-22-11-8-15-28-14-7-6-13-24(22)28/h4-5,10,12,20,22,24-25H,6-9,11,13-19H2,1-3H3/t22-,24-,25-/m0/s1. The molecule has 3 aliphatic rings. The van der Waals surface area contributed by atoms with E-state index < -0.39 is 6.04 Å². The van der Waals surface area contributed by atoms with Crippen LogP contribution in [0.4, 0.5) is 0 Å². The van der Waals surface area contributed by atoms with Crippen LogP contribution in [0.2, 0.25) is 0 Å². The number of fused-ring (bicyclic) bond motifs is 2. The summed E-state index contributed by atoms with van der Waals surface area (Å²) in [5, 5.41) is 0. The van der Waals surface area contributed by atoms with Gasteiger partial charge in [0.25, 0.3) is 5.91 Å². The number of carbonyl (C=O) groups is 2. The van der Waals surface area contributed by atoms with Crippen LogP contribution in [0.15, 0.2) is 24.3 Å². The molecule has 182 valence electrons. The second kappa shape index (κ2) is 11.0. The summed E-state index contributed by atoms with van der Waals surface area (Å²) in [6, 6.07) is 7.93. The highest BCUT2D eigenvalue weighted by Crippen LogP contribution is 2.33. The summed E-state index contributed by atoms with van der Waals surface area (Å²) in [5.74, 6) is 0.670. The van der Waals surface area contributed by atoms with Gasteiger partial charge in [-0.1, -0.05) is 38.5 Å². The van der Waals surface area contributed by atoms with Gasteiger partial charge in [0.05, 0.1) is 0 Å². The first-order chi connectivity index (χ1) is 16.0. The van der Waals surface area contributed by atoms with E-state index in [2.05, 4.69) is 23.6 Å². The average Bonchev–Trinajstić information content (AvgIpc) is 3.14. The van der Waals surface area contributed by atoms with E-state index >= 15 is 0 Å². The van der Waals surface area contributed by atoms with Gasteiger partial charge in [-0.05, 0) is 68.7 Å². The number of amides is 2. The van der Waals surface area contributed by atoms with Gasteiger partial charge >= 0.3 is 0 Å². The topological polar surface area (TPSA) is 53.1 Å².